The highest BCUT2D eigenvalue weighted by Gasteiger charge is 2.24. The summed E-state index contributed by atoms with van der Waals surface area (Å²) in [6.45, 7) is 7.01. The Morgan fingerprint density at radius 1 is 1.36 bits per heavy atom. The molecule has 1 aliphatic heterocycles. The second-order valence-corrected chi connectivity index (χ2v) is 4.37. The fourth-order valence-corrected chi connectivity index (χ4v) is 1.88. The predicted octanol–water partition coefficient (Wildman–Crippen LogP) is 1.64. The van der Waals surface area contributed by atoms with Gasteiger partial charge in [0.05, 0.1) is 5.60 Å². The standard InChI is InChI=1S/C12H21NO/c1-3-4-5-9-13-10-6-7-12(2,14)8-11-13/h14H,5-11H2,1-2H3. The Balaban J connectivity index is 2.30. The SMILES string of the molecule is CC#CCCN1CCCC(C)(O)CC1. The van der Waals surface area contributed by atoms with Gasteiger partial charge in [0, 0.05) is 19.5 Å². The second kappa shape index (κ2) is 5.38. The Morgan fingerprint density at radius 3 is 2.86 bits per heavy atom. The number of aliphatic hydroxyl groups is 1. The molecule has 0 aromatic rings. The number of hydrogen-bond donors (Lipinski definition) is 1. The van der Waals surface area contributed by atoms with Gasteiger partial charge in [0.2, 0.25) is 0 Å². The number of likely N-dealkylation sites (tertiary alicyclic amines) is 1. The molecule has 1 aliphatic rings. The summed E-state index contributed by atoms with van der Waals surface area (Å²) in [4.78, 5) is 2.41. The van der Waals surface area contributed by atoms with Crippen molar-refractivity contribution in [2.24, 2.45) is 0 Å². The Kier molecular flexibility index (Phi) is 4.44. The fraction of sp³-hybridized carbons (Fsp3) is 0.833. The van der Waals surface area contributed by atoms with E-state index in [1.54, 1.807) is 0 Å². The minimum atomic E-state index is -0.439. The van der Waals surface area contributed by atoms with E-state index in [2.05, 4.69) is 16.7 Å². The number of rotatable bonds is 2. The van der Waals surface area contributed by atoms with E-state index in [4.69, 9.17) is 0 Å². The molecule has 0 amide bonds. The van der Waals surface area contributed by atoms with Gasteiger partial charge in [0.15, 0.2) is 0 Å². The molecule has 14 heavy (non-hydrogen) atoms. The predicted molar refractivity (Wildman–Crippen MR) is 59.0 cm³/mol. The molecule has 0 aliphatic carbocycles. The zero-order valence-electron chi connectivity index (χ0n) is 9.34. The lowest BCUT2D eigenvalue weighted by molar-refractivity contribution is 0.0447. The van der Waals surface area contributed by atoms with Gasteiger partial charge in [-0.25, -0.2) is 0 Å². The Hall–Kier alpha value is -0.520. The van der Waals surface area contributed by atoms with Gasteiger partial charge in [-0.15, -0.1) is 11.8 Å². The van der Waals surface area contributed by atoms with Crippen LogP contribution in [0, 0.1) is 11.8 Å². The summed E-state index contributed by atoms with van der Waals surface area (Å²) in [6, 6.07) is 0. The quantitative estimate of drug-likeness (QED) is 0.677. The highest BCUT2D eigenvalue weighted by Crippen LogP contribution is 2.21. The summed E-state index contributed by atoms with van der Waals surface area (Å²) in [7, 11) is 0. The molecule has 2 nitrogen and oxygen atoms in total. The normalized spacial score (nSPS) is 29.1. The van der Waals surface area contributed by atoms with E-state index >= 15 is 0 Å². The van der Waals surface area contributed by atoms with Crippen LogP contribution < -0.4 is 0 Å². The molecule has 0 saturated carbocycles. The van der Waals surface area contributed by atoms with Gasteiger partial charge in [0.1, 0.15) is 0 Å². The minimum Gasteiger partial charge on any atom is -0.390 e. The smallest absolute Gasteiger partial charge is 0.0632 e. The van der Waals surface area contributed by atoms with Crippen molar-refractivity contribution in [3.05, 3.63) is 0 Å². The van der Waals surface area contributed by atoms with Crippen molar-refractivity contribution >= 4 is 0 Å². The molecule has 0 aromatic heterocycles. The molecule has 0 spiro atoms. The van der Waals surface area contributed by atoms with Crippen LogP contribution in [0.2, 0.25) is 0 Å². The third kappa shape index (κ3) is 4.13. The van der Waals surface area contributed by atoms with Crippen LogP contribution in [0.25, 0.3) is 0 Å². The van der Waals surface area contributed by atoms with Gasteiger partial charge >= 0.3 is 0 Å². The zero-order chi connectivity index (χ0) is 10.4. The molecular weight excluding hydrogens is 174 g/mol. The van der Waals surface area contributed by atoms with Crippen molar-refractivity contribution in [2.45, 2.75) is 45.1 Å². The van der Waals surface area contributed by atoms with Crippen molar-refractivity contribution in [1.29, 1.82) is 0 Å². The third-order valence-corrected chi connectivity index (χ3v) is 2.89. The van der Waals surface area contributed by atoms with Crippen LogP contribution in [-0.2, 0) is 0 Å². The zero-order valence-corrected chi connectivity index (χ0v) is 9.34. The summed E-state index contributed by atoms with van der Waals surface area (Å²) in [5.41, 5.74) is -0.439. The van der Waals surface area contributed by atoms with E-state index < -0.39 is 5.60 Å². The summed E-state index contributed by atoms with van der Waals surface area (Å²) in [5.74, 6) is 6.00. The summed E-state index contributed by atoms with van der Waals surface area (Å²) < 4.78 is 0. The summed E-state index contributed by atoms with van der Waals surface area (Å²) >= 11 is 0. The van der Waals surface area contributed by atoms with E-state index in [0.717, 1.165) is 45.3 Å². The first-order valence-corrected chi connectivity index (χ1v) is 5.48. The molecule has 0 radical (unpaired) electrons. The summed E-state index contributed by atoms with van der Waals surface area (Å²) in [5, 5.41) is 9.89. The Bertz CT molecular complexity index is 224. The van der Waals surface area contributed by atoms with Gasteiger partial charge in [-0.1, -0.05) is 0 Å². The maximum atomic E-state index is 9.89. The lowest BCUT2D eigenvalue weighted by Gasteiger charge is -2.21. The first-order chi connectivity index (χ1) is 6.64. The van der Waals surface area contributed by atoms with Crippen LogP contribution in [0.5, 0.6) is 0 Å². The van der Waals surface area contributed by atoms with Crippen LogP contribution in [0.3, 0.4) is 0 Å². The third-order valence-electron chi connectivity index (χ3n) is 2.89. The average molecular weight is 195 g/mol. The molecule has 1 saturated heterocycles. The van der Waals surface area contributed by atoms with Crippen LogP contribution in [0.4, 0.5) is 0 Å². The minimum absolute atomic E-state index is 0.439. The maximum Gasteiger partial charge on any atom is 0.0632 e. The van der Waals surface area contributed by atoms with Crippen molar-refractivity contribution in [3.63, 3.8) is 0 Å². The number of nitrogens with zero attached hydrogens (tertiary/aromatic N) is 1. The van der Waals surface area contributed by atoms with Gasteiger partial charge in [-0.05, 0) is 39.7 Å². The van der Waals surface area contributed by atoms with E-state index in [9.17, 15) is 5.11 Å². The monoisotopic (exact) mass is 195 g/mol. The molecule has 1 N–H and O–H groups in total. The van der Waals surface area contributed by atoms with Crippen LogP contribution in [0.15, 0.2) is 0 Å². The molecule has 2 heteroatoms. The lowest BCUT2D eigenvalue weighted by atomic mass is 9.98. The number of hydrogen-bond acceptors (Lipinski definition) is 2. The van der Waals surface area contributed by atoms with E-state index in [1.165, 1.54) is 0 Å². The van der Waals surface area contributed by atoms with Crippen LogP contribution in [-0.4, -0.2) is 35.2 Å². The van der Waals surface area contributed by atoms with Crippen molar-refractivity contribution in [2.75, 3.05) is 19.6 Å². The first-order valence-electron chi connectivity index (χ1n) is 5.48. The maximum absolute atomic E-state index is 9.89. The van der Waals surface area contributed by atoms with Gasteiger partial charge in [0.25, 0.3) is 0 Å². The van der Waals surface area contributed by atoms with Crippen molar-refractivity contribution < 1.29 is 5.11 Å². The van der Waals surface area contributed by atoms with E-state index in [1.807, 2.05) is 13.8 Å². The first kappa shape index (κ1) is 11.6. The molecule has 1 unspecified atom stereocenters. The molecule has 0 aromatic carbocycles. The summed E-state index contributed by atoms with van der Waals surface area (Å²) in [6.07, 6.45) is 3.89. The topological polar surface area (TPSA) is 23.5 Å². The van der Waals surface area contributed by atoms with Gasteiger partial charge in [-0.3, -0.25) is 0 Å². The molecule has 1 rings (SSSR count). The highest BCUT2D eigenvalue weighted by atomic mass is 16.3. The highest BCUT2D eigenvalue weighted by molar-refractivity contribution is 4.95. The Morgan fingerprint density at radius 2 is 2.14 bits per heavy atom. The van der Waals surface area contributed by atoms with Gasteiger partial charge < -0.3 is 10.0 Å². The lowest BCUT2D eigenvalue weighted by Crippen LogP contribution is -2.29. The van der Waals surface area contributed by atoms with Crippen molar-refractivity contribution in [1.82, 2.24) is 4.90 Å². The molecule has 1 atom stereocenters. The second-order valence-electron chi connectivity index (χ2n) is 4.37. The average Bonchev–Trinajstić information content (AvgIpc) is 2.28. The van der Waals surface area contributed by atoms with Crippen LogP contribution in [0.1, 0.15) is 39.5 Å². The molecular formula is C12H21NO. The molecule has 0 bridgehead atoms. The van der Waals surface area contributed by atoms with Crippen molar-refractivity contribution in [3.8, 4) is 11.8 Å². The molecule has 1 fully saturated rings. The Labute approximate surface area is 87.3 Å². The van der Waals surface area contributed by atoms with Gasteiger partial charge in [-0.2, -0.15) is 0 Å². The van der Waals surface area contributed by atoms with Crippen LogP contribution >= 0.6 is 0 Å². The van der Waals surface area contributed by atoms with E-state index in [0.29, 0.717) is 0 Å². The molecule has 80 valence electrons. The fourth-order valence-electron chi connectivity index (χ4n) is 1.88. The van der Waals surface area contributed by atoms with E-state index in [-0.39, 0.29) is 0 Å². The molecule has 1 heterocycles. The largest absolute Gasteiger partial charge is 0.390 e.